The Kier molecular flexibility index (Phi) is 6.11. The maximum absolute atomic E-state index is 13.4. The summed E-state index contributed by atoms with van der Waals surface area (Å²) in [6, 6.07) is 34.0. The van der Waals surface area contributed by atoms with Crippen LogP contribution < -0.4 is 10.1 Å². The zero-order valence-corrected chi connectivity index (χ0v) is 16.9. The smallest absolute Gasteiger partial charge is 0.236 e. The Morgan fingerprint density at radius 1 is 0.733 bits per heavy atom. The van der Waals surface area contributed by atoms with Crippen molar-refractivity contribution >= 4 is 23.2 Å². The Morgan fingerprint density at radius 3 is 1.83 bits per heavy atom. The molecular formula is C26H20ClNO2. The van der Waals surface area contributed by atoms with E-state index in [1.165, 1.54) is 0 Å². The van der Waals surface area contributed by atoms with Crippen LogP contribution in [0.25, 0.3) is 0 Å². The lowest BCUT2D eigenvalue weighted by atomic mass is 9.90. The Morgan fingerprint density at radius 2 is 1.27 bits per heavy atom. The van der Waals surface area contributed by atoms with Crippen LogP contribution >= 0.6 is 11.6 Å². The van der Waals surface area contributed by atoms with Crippen LogP contribution in [0.4, 0.5) is 5.69 Å². The van der Waals surface area contributed by atoms with Crippen LogP contribution in [0.15, 0.2) is 109 Å². The van der Waals surface area contributed by atoms with E-state index in [-0.39, 0.29) is 5.91 Å². The van der Waals surface area contributed by atoms with Crippen molar-refractivity contribution in [1.82, 2.24) is 0 Å². The number of para-hydroxylation sites is 1. The number of anilines is 1. The lowest BCUT2D eigenvalue weighted by molar-refractivity contribution is -0.116. The number of carbonyl (C=O) groups excluding carboxylic acids is 1. The predicted molar refractivity (Wildman–Crippen MR) is 121 cm³/mol. The highest BCUT2D eigenvalue weighted by atomic mass is 35.5. The number of hydrogen-bond donors (Lipinski definition) is 1. The topological polar surface area (TPSA) is 38.3 Å². The van der Waals surface area contributed by atoms with Crippen LogP contribution in [0, 0.1) is 0 Å². The van der Waals surface area contributed by atoms with E-state index in [1.54, 1.807) is 18.2 Å². The molecule has 0 radical (unpaired) electrons. The van der Waals surface area contributed by atoms with E-state index in [9.17, 15) is 4.79 Å². The van der Waals surface area contributed by atoms with Gasteiger partial charge in [-0.05, 0) is 41.5 Å². The molecule has 4 aromatic carbocycles. The molecule has 4 aromatic rings. The van der Waals surface area contributed by atoms with Gasteiger partial charge in [-0.1, -0.05) is 90.5 Å². The fourth-order valence-corrected chi connectivity index (χ4v) is 3.47. The standard InChI is InChI=1S/C26H20ClNO2/c27-21-16-17-24(30-22-14-8-3-9-15-22)23(18-21)28-26(29)25(19-10-4-1-5-11-19)20-12-6-2-7-13-20/h1-18,25H,(H,28,29). The van der Waals surface area contributed by atoms with Gasteiger partial charge in [-0.2, -0.15) is 0 Å². The molecule has 0 aliphatic heterocycles. The Hall–Kier alpha value is -3.56. The predicted octanol–water partition coefficient (Wildman–Crippen LogP) is 6.90. The van der Waals surface area contributed by atoms with Crippen molar-refractivity contribution in [2.45, 2.75) is 5.92 Å². The maximum atomic E-state index is 13.4. The zero-order chi connectivity index (χ0) is 20.8. The molecular weight excluding hydrogens is 394 g/mol. The Labute approximate surface area is 180 Å². The van der Waals surface area contributed by atoms with Crippen LogP contribution in [-0.2, 0) is 4.79 Å². The summed E-state index contributed by atoms with van der Waals surface area (Å²) in [5.41, 5.74) is 2.34. The molecule has 0 saturated heterocycles. The van der Waals surface area contributed by atoms with Gasteiger partial charge in [0.25, 0.3) is 0 Å². The third-order valence-corrected chi connectivity index (χ3v) is 4.93. The van der Waals surface area contributed by atoms with Gasteiger partial charge in [0, 0.05) is 5.02 Å². The molecule has 0 heterocycles. The van der Waals surface area contributed by atoms with Gasteiger partial charge < -0.3 is 10.1 Å². The van der Waals surface area contributed by atoms with Crippen molar-refractivity contribution in [3.8, 4) is 11.5 Å². The van der Waals surface area contributed by atoms with Gasteiger partial charge in [-0.15, -0.1) is 0 Å². The van der Waals surface area contributed by atoms with Crippen LogP contribution in [0.1, 0.15) is 17.0 Å². The van der Waals surface area contributed by atoms with E-state index in [1.807, 2.05) is 91.0 Å². The second kappa shape index (κ2) is 9.29. The Bertz CT molecular complexity index is 1080. The highest BCUT2D eigenvalue weighted by Crippen LogP contribution is 2.34. The largest absolute Gasteiger partial charge is 0.455 e. The van der Waals surface area contributed by atoms with Gasteiger partial charge in [0.1, 0.15) is 5.75 Å². The third-order valence-electron chi connectivity index (χ3n) is 4.70. The molecule has 0 bridgehead atoms. The molecule has 0 spiro atoms. The highest BCUT2D eigenvalue weighted by Gasteiger charge is 2.23. The van der Waals surface area contributed by atoms with E-state index < -0.39 is 5.92 Å². The Balaban J connectivity index is 1.67. The summed E-state index contributed by atoms with van der Waals surface area (Å²) in [6.45, 7) is 0. The summed E-state index contributed by atoms with van der Waals surface area (Å²) in [7, 11) is 0. The van der Waals surface area contributed by atoms with E-state index >= 15 is 0 Å². The van der Waals surface area contributed by atoms with E-state index in [0.717, 1.165) is 11.1 Å². The van der Waals surface area contributed by atoms with Crippen molar-refractivity contribution in [2.24, 2.45) is 0 Å². The van der Waals surface area contributed by atoms with Gasteiger partial charge in [-0.25, -0.2) is 0 Å². The third kappa shape index (κ3) is 4.70. The minimum atomic E-state index is -0.462. The highest BCUT2D eigenvalue weighted by molar-refractivity contribution is 6.31. The first-order valence-corrected chi connectivity index (χ1v) is 10.0. The van der Waals surface area contributed by atoms with Crippen LogP contribution in [0.3, 0.4) is 0 Å². The van der Waals surface area contributed by atoms with Gasteiger partial charge in [0.2, 0.25) is 5.91 Å². The average molecular weight is 414 g/mol. The van der Waals surface area contributed by atoms with Crippen LogP contribution in [0.2, 0.25) is 5.02 Å². The molecule has 0 fully saturated rings. The van der Waals surface area contributed by atoms with E-state index in [0.29, 0.717) is 22.2 Å². The van der Waals surface area contributed by atoms with Crippen LogP contribution in [-0.4, -0.2) is 5.91 Å². The molecule has 0 aliphatic carbocycles. The van der Waals surface area contributed by atoms with Gasteiger partial charge in [0.15, 0.2) is 5.75 Å². The molecule has 3 nitrogen and oxygen atoms in total. The number of halogens is 1. The second-order valence-electron chi connectivity index (χ2n) is 6.80. The average Bonchev–Trinajstić information content (AvgIpc) is 2.78. The first kappa shape index (κ1) is 19.7. The van der Waals surface area contributed by atoms with E-state index in [2.05, 4.69) is 5.32 Å². The number of amides is 1. The summed E-state index contributed by atoms with van der Waals surface area (Å²) < 4.78 is 5.98. The summed E-state index contributed by atoms with van der Waals surface area (Å²) in [5, 5.41) is 3.54. The van der Waals surface area contributed by atoms with Crippen molar-refractivity contribution in [3.05, 3.63) is 125 Å². The van der Waals surface area contributed by atoms with Crippen LogP contribution in [0.5, 0.6) is 11.5 Å². The first-order valence-electron chi connectivity index (χ1n) is 9.64. The SMILES string of the molecule is O=C(Nc1cc(Cl)ccc1Oc1ccccc1)C(c1ccccc1)c1ccccc1. The van der Waals surface area contributed by atoms with Crippen molar-refractivity contribution in [1.29, 1.82) is 0 Å². The molecule has 0 atom stereocenters. The molecule has 1 amide bonds. The molecule has 4 heteroatoms. The van der Waals surface area contributed by atoms with Crippen molar-refractivity contribution in [2.75, 3.05) is 5.32 Å². The quantitative estimate of drug-likeness (QED) is 0.373. The van der Waals surface area contributed by atoms with Gasteiger partial charge in [-0.3, -0.25) is 4.79 Å². The molecule has 0 aliphatic rings. The number of hydrogen-bond acceptors (Lipinski definition) is 2. The fourth-order valence-electron chi connectivity index (χ4n) is 3.30. The molecule has 0 aromatic heterocycles. The molecule has 148 valence electrons. The van der Waals surface area contributed by atoms with Gasteiger partial charge in [0.05, 0.1) is 11.6 Å². The minimum Gasteiger partial charge on any atom is -0.455 e. The number of rotatable bonds is 6. The van der Waals surface area contributed by atoms with Crippen molar-refractivity contribution in [3.63, 3.8) is 0 Å². The molecule has 1 N–H and O–H groups in total. The maximum Gasteiger partial charge on any atom is 0.236 e. The number of benzene rings is 4. The second-order valence-corrected chi connectivity index (χ2v) is 7.24. The van der Waals surface area contributed by atoms with Gasteiger partial charge >= 0.3 is 0 Å². The minimum absolute atomic E-state index is 0.160. The normalized spacial score (nSPS) is 10.6. The van der Waals surface area contributed by atoms with E-state index in [4.69, 9.17) is 16.3 Å². The fraction of sp³-hybridized carbons (Fsp3) is 0.0385. The summed E-state index contributed by atoms with van der Waals surface area (Å²) in [6.07, 6.45) is 0. The molecule has 0 saturated carbocycles. The number of carbonyl (C=O) groups is 1. The lowest BCUT2D eigenvalue weighted by Crippen LogP contribution is -2.22. The van der Waals surface area contributed by atoms with Crippen molar-refractivity contribution < 1.29 is 9.53 Å². The zero-order valence-electron chi connectivity index (χ0n) is 16.2. The molecule has 0 unspecified atom stereocenters. The number of nitrogens with one attached hydrogen (secondary N) is 1. The lowest BCUT2D eigenvalue weighted by Gasteiger charge is -2.19. The monoisotopic (exact) mass is 413 g/mol. The number of ether oxygens (including phenoxy) is 1. The molecule has 4 rings (SSSR count). The first-order chi connectivity index (χ1) is 14.7. The summed E-state index contributed by atoms with van der Waals surface area (Å²) in [5.74, 6) is 0.584. The summed E-state index contributed by atoms with van der Waals surface area (Å²) in [4.78, 5) is 13.4. The molecule has 30 heavy (non-hydrogen) atoms. The summed E-state index contributed by atoms with van der Waals surface area (Å²) >= 11 is 6.21.